The average molecular weight is 330 g/mol. The lowest BCUT2D eigenvalue weighted by Crippen LogP contribution is -2.48. The predicted octanol–water partition coefficient (Wildman–Crippen LogP) is 3.25. The van der Waals surface area contributed by atoms with Crippen LogP contribution in [0.1, 0.15) is 12.0 Å². The molecule has 1 aliphatic heterocycles. The number of hydrogen-bond acceptors (Lipinski definition) is 2. The highest BCUT2D eigenvalue weighted by Crippen LogP contribution is 2.17. The molecular weight excluding hydrogens is 310 g/mol. The maximum atomic E-state index is 13.2. The van der Waals surface area contributed by atoms with Gasteiger partial charge in [-0.05, 0) is 48.4 Å². The Kier molecular flexibility index (Phi) is 5.08. The predicted molar refractivity (Wildman–Crippen MR) is 89.9 cm³/mol. The minimum atomic E-state index is -0.270. The normalized spacial score (nSPS) is 14.8. The van der Waals surface area contributed by atoms with Crippen molar-refractivity contribution < 1.29 is 13.6 Å². The Morgan fingerprint density at radius 3 is 2.29 bits per heavy atom. The van der Waals surface area contributed by atoms with Crippen molar-refractivity contribution in [1.29, 1.82) is 0 Å². The minimum Gasteiger partial charge on any atom is -0.368 e. The number of hydrogen-bond donors (Lipinski definition) is 0. The Balaban J connectivity index is 1.49. The van der Waals surface area contributed by atoms with E-state index < -0.39 is 0 Å². The first kappa shape index (κ1) is 16.4. The molecule has 0 bridgehead atoms. The molecule has 1 fully saturated rings. The summed E-state index contributed by atoms with van der Waals surface area (Å²) in [4.78, 5) is 16.3. The molecule has 1 heterocycles. The smallest absolute Gasteiger partial charge is 0.223 e. The van der Waals surface area contributed by atoms with Crippen molar-refractivity contribution in [3.05, 3.63) is 65.7 Å². The second-order valence-electron chi connectivity index (χ2n) is 5.97. The number of anilines is 1. The van der Waals surface area contributed by atoms with Gasteiger partial charge in [-0.15, -0.1) is 0 Å². The number of carbonyl (C=O) groups is 1. The molecule has 24 heavy (non-hydrogen) atoms. The zero-order valence-corrected chi connectivity index (χ0v) is 13.4. The van der Waals surface area contributed by atoms with Crippen LogP contribution in [0.5, 0.6) is 0 Å². The third-order valence-electron chi connectivity index (χ3n) is 4.34. The first-order chi connectivity index (χ1) is 11.6. The number of benzene rings is 2. The highest BCUT2D eigenvalue weighted by Gasteiger charge is 2.21. The van der Waals surface area contributed by atoms with E-state index in [4.69, 9.17) is 0 Å². The molecule has 1 aliphatic rings. The fourth-order valence-electron chi connectivity index (χ4n) is 2.97. The van der Waals surface area contributed by atoms with Crippen LogP contribution in [0.3, 0.4) is 0 Å². The van der Waals surface area contributed by atoms with E-state index in [2.05, 4.69) is 4.90 Å². The van der Waals surface area contributed by atoms with Crippen molar-refractivity contribution in [2.24, 2.45) is 0 Å². The first-order valence-corrected chi connectivity index (χ1v) is 8.14. The van der Waals surface area contributed by atoms with Gasteiger partial charge in [-0.2, -0.15) is 0 Å². The molecular formula is C19H20F2N2O. The summed E-state index contributed by atoms with van der Waals surface area (Å²) >= 11 is 0. The molecule has 3 rings (SSSR count). The quantitative estimate of drug-likeness (QED) is 0.859. The topological polar surface area (TPSA) is 23.6 Å². The van der Waals surface area contributed by atoms with Gasteiger partial charge in [-0.25, -0.2) is 8.78 Å². The fourth-order valence-corrected chi connectivity index (χ4v) is 2.97. The van der Waals surface area contributed by atoms with E-state index in [9.17, 15) is 13.6 Å². The fraction of sp³-hybridized carbons (Fsp3) is 0.316. The Labute approximate surface area is 140 Å². The number of piperazine rings is 1. The lowest BCUT2D eigenvalue weighted by Gasteiger charge is -2.36. The molecule has 0 unspecified atom stereocenters. The Hall–Kier alpha value is -2.43. The van der Waals surface area contributed by atoms with Crippen LogP contribution in [0.2, 0.25) is 0 Å². The molecule has 0 saturated carbocycles. The Morgan fingerprint density at radius 2 is 1.62 bits per heavy atom. The first-order valence-electron chi connectivity index (χ1n) is 8.14. The van der Waals surface area contributed by atoms with Crippen LogP contribution >= 0.6 is 0 Å². The lowest BCUT2D eigenvalue weighted by molar-refractivity contribution is -0.131. The summed E-state index contributed by atoms with van der Waals surface area (Å²) in [6.45, 7) is 2.77. The van der Waals surface area contributed by atoms with Gasteiger partial charge in [-0.1, -0.05) is 12.1 Å². The summed E-state index contributed by atoms with van der Waals surface area (Å²) < 4.78 is 26.1. The number of carbonyl (C=O) groups excluding carboxylic acids is 1. The minimum absolute atomic E-state index is 0.0954. The van der Waals surface area contributed by atoms with E-state index in [-0.39, 0.29) is 17.5 Å². The van der Waals surface area contributed by atoms with Crippen LogP contribution < -0.4 is 4.90 Å². The maximum absolute atomic E-state index is 13.2. The summed E-state index contributed by atoms with van der Waals surface area (Å²) in [7, 11) is 0. The average Bonchev–Trinajstić information content (AvgIpc) is 2.61. The Bertz CT molecular complexity index is 695. The van der Waals surface area contributed by atoms with Gasteiger partial charge in [-0.3, -0.25) is 4.79 Å². The van der Waals surface area contributed by atoms with E-state index in [0.717, 1.165) is 24.3 Å². The van der Waals surface area contributed by atoms with Gasteiger partial charge < -0.3 is 9.80 Å². The van der Waals surface area contributed by atoms with Crippen LogP contribution in [0.25, 0.3) is 0 Å². The summed E-state index contributed by atoms with van der Waals surface area (Å²) in [5.74, 6) is -0.421. The summed E-state index contributed by atoms with van der Waals surface area (Å²) in [6, 6.07) is 12.8. The number of aryl methyl sites for hydroxylation is 1. The SMILES string of the molecule is O=C(CCc1cccc(F)c1)N1CCN(c2ccc(F)cc2)CC1. The maximum Gasteiger partial charge on any atom is 0.223 e. The van der Waals surface area contributed by atoms with Crippen molar-refractivity contribution in [3.8, 4) is 0 Å². The van der Waals surface area contributed by atoms with Crippen LogP contribution in [-0.2, 0) is 11.2 Å². The van der Waals surface area contributed by atoms with Crippen molar-refractivity contribution in [2.75, 3.05) is 31.1 Å². The molecule has 1 saturated heterocycles. The Morgan fingerprint density at radius 1 is 0.917 bits per heavy atom. The molecule has 0 spiro atoms. The van der Waals surface area contributed by atoms with E-state index in [0.29, 0.717) is 25.9 Å². The summed E-state index contributed by atoms with van der Waals surface area (Å²) in [5.41, 5.74) is 1.82. The zero-order chi connectivity index (χ0) is 16.9. The molecule has 0 aromatic heterocycles. The lowest BCUT2D eigenvalue weighted by atomic mass is 10.1. The van der Waals surface area contributed by atoms with Gasteiger partial charge in [0.25, 0.3) is 0 Å². The summed E-state index contributed by atoms with van der Waals surface area (Å²) in [5, 5.41) is 0. The van der Waals surface area contributed by atoms with Crippen LogP contribution in [-0.4, -0.2) is 37.0 Å². The zero-order valence-electron chi connectivity index (χ0n) is 13.4. The monoisotopic (exact) mass is 330 g/mol. The van der Waals surface area contributed by atoms with Gasteiger partial charge in [0.2, 0.25) is 5.91 Å². The van der Waals surface area contributed by atoms with E-state index in [1.54, 1.807) is 18.2 Å². The second-order valence-corrected chi connectivity index (χ2v) is 5.97. The molecule has 2 aromatic carbocycles. The molecule has 5 heteroatoms. The van der Waals surface area contributed by atoms with Gasteiger partial charge in [0.15, 0.2) is 0 Å². The van der Waals surface area contributed by atoms with Crippen molar-refractivity contribution in [2.45, 2.75) is 12.8 Å². The largest absolute Gasteiger partial charge is 0.368 e. The molecule has 1 amide bonds. The van der Waals surface area contributed by atoms with Crippen molar-refractivity contribution >= 4 is 11.6 Å². The van der Waals surface area contributed by atoms with Crippen LogP contribution in [0.4, 0.5) is 14.5 Å². The van der Waals surface area contributed by atoms with E-state index in [1.165, 1.54) is 24.3 Å². The number of nitrogens with zero attached hydrogens (tertiary/aromatic N) is 2. The third kappa shape index (κ3) is 4.10. The van der Waals surface area contributed by atoms with Crippen LogP contribution in [0, 0.1) is 11.6 Å². The van der Waals surface area contributed by atoms with E-state index in [1.807, 2.05) is 11.0 Å². The molecule has 126 valence electrons. The van der Waals surface area contributed by atoms with Gasteiger partial charge in [0, 0.05) is 38.3 Å². The van der Waals surface area contributed by atoms with Gasteiger partial charge >= 0.3 is 0 Å². The summed E-state index contributed by atoms with van der Waals surface area (Å²) in [6.07, 6.45) is 0.939. The molecule has 0 aliphatic carbocycles. The number of amides is 1. The number of rotatable bonds is 4. The van der Waals surface area contributed by atoms with Crippen molar-refractivity contribution in [3.63, 3.8) is 0 Å². The molecule has 2 aromatic rings. The standard InChI is InChI=1S/C19H20F2N2O/c20-16-5-7-18(8-6-16)22-10-12-23(13-11-22)19(24)9-4-15-2-1-3-17(21)14-15/h1-3,5-8,14H,4,9-13H2. The third-order valence-corrected chi connectivity index (χ3v) is 4.34. The van der Waals surface area contributed by atoms with Crippen molar-refractivity contribution in [1.82, 2.24) is 4.90 Å². The number of halogens is 2. The highest BCUT2D eigenvalue weighted by molar-refractivity contribution is 5.76. The molecule has 3 nitrogen and oxygen atoms in total. The molecule has 0 atom stereocenters. The van der Waals surface area contributed by atoms with Crippen LogP contribution in [0.15, 0.2) is 48.5 Å². The molecule has 0 radical (unpaired) electrons. The van der Waals surface area contributed by atoms with E-state index >= 15 is 0 Å². The molecule has 0 N–H and O–H groups in total. The highest BCUT2D eigenvalue weighted by atomic mass is 19.1. The van der Waals surface area contributed by atoms with Gasteiger partial charge in [0.1, 0.15) is 11.6 Å². The van der Waals surface area contributed by atoms with Gasteiger partial charge in [0.05, 0.1) is 0 Å². The second kappa shape index (κ2) is 7.43.